The molecule has 0 aliphatic carbocycles. The fraction of sp³-hybridized carbons (Fsp3) is 0.529. The predicted molar refractivity (Wildman–Crippen MR) is 97.8 cm³/mol. The molecule has 2 heterocycles. The molecule has 2 fully saturated rings. The lowest BCUT2D eigenvalue weighted by molar-refractivity contribution is -0.136. The van der Waals surface area contributed by atoms with Crippen LogP contribution < -0.4 is 10.2 Å². The van der Waals surface area contributed by atoms with E-state index in [1.807, 2.05) is 24.1 Å². The van der Waals surface area contributed by atoms with Crippen LogP contribution in [0.5, 0.6) is 0 Å². The van der Waals surface area contributed by atoms with Crippen molar-refractivity contribution in [2.45, 2.75) is 25.3 Å². The number of rotatable bonds is 3. The summed E-state index contributed by atoms with van der Waals surface area (Å²) in [5, 5.41) is 3.90. The molecule has 132 valence electrons. The highest BCUT2D eigenvalue weighted by atomic mass is 35.5. The average molecular weight is 372 g/mol. The maximum Gasteiger partial charge on any atom is 0.228 e. The second-order valence-corrected chi connectivity index (χ2v) is 6.71. The van der Waals surface area contributed by atoms with E-state index in [2.05, 4.69) is 5.32 Å². The zero-order valence-corrected chi connectivity index (χ0v) is 15.3. The van der Waals surface area contributed by atoms with Gasteiger partial charge < -0.3 is 15.1 Å². The number of nitrogens with zero attached hydrogens (tertiary/aromatic N) is 2. The molecule has 1 N–H and O–H groups in total. The minimum Gasteiger partial charge on any atom is -0.342 e. The first kappa shape index (κ1) is 19.0. The van der Waals surface area contributed by atoms with Gasteiger partial charge >= 0.3 is 0 Å². The van der Waals surface area contributed by atoms with E-state index in [1.165, 1.54) is 0 Å². The highest BCUT2D eigenvalue weighted by Crippen LogP contribution is 2.28. The summed E-state index contributed by atoms with van der Waals surface area (Å²) in [4.78, 5) is 28.6. The number of halogens is 2. The number of nitrogens with one attached hydrogen (secondary N) is 1. The maximum absolute atomic E-state index is 12.7. The van der Waals surface area contributed by atoms with Crippen molar-refractivity contribution in [2.24, 2.45) is 5.92 Å². The SMILES string of the molecule is CNC1CCN(C(=O)C2CC(=O)N(c3ccc(Cl)cc3)C2)CC1.Cl. The van der Waals surface area contributed by atoms with E-state index in [0.29, 0.717) is 24.0 Å². The summed E-state index contributed by atoms with van der Waals surface area (Å²) in [5.74, 6) is -0.107. The van der Waals surface area contributed by atoms with E-state index >= 15 is 0 Å². The van der Waals surface area contributed by atoms with E-state index < -0.39 is 0 Å². The fourth-order valence-electron chi connectivity index (χ4n) is 3.39. The zero-order valence-electron chi connectivity index (χ0n) is 13.7. The van der Waals surface area contributed by atoms with Gasteiger partial charge in [0.05, 0.1) is 5.92 Å². The van der Waals surface area contributed by atoms with Gasteiger partial charge in [0, 0.05) is 42.8 Å². The van der Waals surface area contributed by atoms with Crippen molar-refractivity contribution in [3.8, 4) is 0 Å². The highest BCUT2D eigenvalue weighted by Gasteiger charge is 2.37. The van der Waals surface area contributed by atoms with Crippen molar-refractivity contribution < 1.29 is 9.59 Å². The Hall–Kier alpha value is -1.30. The third kappa shape index (κ3) is 4.02. The highest BCUT2D eigenvalue weighted by molar-refractivity contribution is 6.30. The molecule has 0 radical (unpaired) electrons. The molecule has 1 atom stereocenters. The van der Waals surface area contributed by atoms with Gasteiger partial charge in [-0.2, -0.15) is 0 Å². The number of amides is 2. The average Bonchev–Trinajstić information content (AvgIpc) is 2.97. The molecule has 0 bridgehead atoms. The molecule has 1 aromatic carbocycles. The molecular weight excluding hydrogens is 349 g/mol. The molecule has 5 nitrogen and oxygen atoms in total. The van der Waals surface area contributed by atoms with Gasteiger partial charge in [0.2, 0.25) is 11.8 Å². The van der Waals surface area contributed by atoms with Gasteiger partial charge in [0.1, 0.15) is 0 Å². The lowest BCUT2D eigenvalue weighted by atomic mass is 10.0. The lowest BCUT2D eigenvalue weighted by Gasteiger charge is -2.33. The fourth-order valence-corrected chi connectivity index (χ4v) is 3.52. The Morgan fingerprint density at radius 1 is 1.21 bits per heavy atom. The zero-order chi connectivity index (χ0) is 16.4. The smallest absolute Gasteiger partial charge is 0.228 e. The summed E-state index contributed by atoms with van der Waals surface area (Å²) in [6.07, 6.45) is 2.25. The Morgan fingerprint density at radius 3 is 2.42 bits per heavy atom. The lowest BCUT2D eigenvalue weighted by Crippen LogP contribution is -2.46. The number of hydrogen-bond donors (Lipinski definition) is 1. The third-order valence-electron chi connectivity index (χ3n) is 4.83. The first-order chi connectivity index (χ1) is 11.1. The van der Waals surface area contributed by atoms with Crippen LogP contribution in [-0.2, 0) is 9.59 Å². The van der Waals surface area contributed by atoms with Crippen molar-refractivity contribution in [1.29, 1.82) is 0 Å². The van der Waals surface area contributed by atoms with Crippen LogP contribution in [0.4, 0.5) is 5.69 Å². The van der Waals surface area contributed by atoms with Gasteiger partial charge in [0.25, 0.3) is 0 Å². The van der Waals surface area contributed by atoms with Crippen LogP contribution >= 0.6 is 24.0 Å². The first-order valence-electron chi connectivity index (χ1n) is 8.10. The van der Waals surface area contributed by atoms with E-state index in [9.17, 15) is 9.59 Å². The molecule has 2 aliphatic rings. The van der Waals surface area contributed by atoms with E-state index in [4.69, 9.17) is 11.6 Å². The van der Waals surface area contributed by atoms with Gasteiger partial charge in [-0.25, -0.2) is 0 Å². The van der Waals surface area contributed by atoms with Gasteiger partial charge in [-0.3, -0.25) is 9.59 Å². The maximum atomic E-state index is 12.7. The van der Waals surface area contributed by atoms with Crippen molar-refractivity contribution in [1.82, 2.24) is 10.2 Å². The van der Waals surface area contributed by atoms with Crippen LogP contribution in [0.1, 0.15) is 19.3 Å². The molecule has 2 saturated heterocycles. The molecular formula is C17H23Cl2N3O2. The Labute approximate surface area is 153 Å². The summed E-state index contributed by atoms with van der Waals surface area (Å²) in [6.45, 7) is 2.01. The van der Waals surface area contributed by atoms with E-state index in [-0.39, 0.29) is 30.1 Å². The molecule has 1 aromatic rings. The second-order valence-electron chi connectivity index (χ2n) is 6.27. The number of anilines is 1. The number of hydrogen-bond acceptors (Lipinski definition) is 3. The second kappa shape index (κ2) is 8.19. The Morgan fingerprint density at radius 2 is 1.83 bits per heavy atom. The topological polar surface area (TPSA) is 52.7 Å². The number of piperidine rings is 1. The summed E-state index contributed by atoms with van der Waals surface area (Å²) in [5.41, 5.74) is 0.809. The number of benzene rings is 1. The van der Waals surface area contributed by atoms with Crippen molar-refractivity contribution in [3.05, 3.63) is 29.3 Å². The summed E-state index contributed by atoms with van der Waals surface area (Å²) < 4.78 is 0. The number of likely N-dealkylation sites (tertiary alicyclic amines) is 1. The Kier molecular flexibility index (Phi) is 6.49. The van der Waals surface area contributed by atoms with Crippen molar-refractivity contribution >= 4 is 41.5 Å². The molecule has 7 heteroatoms. The Balaban J connectivity index is 0.00000208. The number of carbonyl (C=O) groups excluding carboxylic acids is 2. The van der Waals surface area contributed by atoms with Crippen LogP contribution in [0.2, 0.25) is 5.02 Å². The van der Waals surface area contributed by atoms with Crippen LogP contribution in [0.3, 0.4) is 0 Å². The largest absolute Gasteiger partial charge is 0.342 e. The van der Waals surface area contributed by atoms with Crippen LogP contribution in [0, 0.1) is 5.92 Å². The summed E-state index contributed by atoms with van der Waals surface area (Å²) in [6, 6.07) is 7.68. The summed E-state index contributed by atoms with van der Waals surface area (Å²) in [7, 11) is 1.96. The van der Waals surface area contributed by atoms with Crippen LogP contribution in [-0.4, -0.2) is 49.4 Å². The quantitative estimate of drug-likeness (QED) is 0.886. The normalized spacial score (nSPS) is 21.8. The minimum absolute atomic E-state index is 0. The Bertz CT molecular complexity index is 586. The van der Waals surface area contributed by atoms with E-state index in [1.54, 1.807) is 17.0 Å². The molecule has 0 saturated carbocycles. The van der Waals surface area contributed by atoms with Gasteiger partial charge in [0.15, 0.2) is 0 Å². The predicted octanol–water partition coefficient (Wildman–Crippen LogP) is 2.33. The van der Waals surface area contributed by atoms with E-state index in [0.717, 1.165) is 31.6 Å². The monoisotopic (exact) mass is 371 g/mol. The molecule has 0 aromatic heterocycles. The first-order valence-corrected chi connectivity index (χ1v) is 8.48. The van der Waals surface area contributed by atoms with Crippen LogP contribution in [0.25, 0.3) is 0 Å². The third-order valence-corrected chi connectivity index (χ3v) is 5.08. The van der Waals surface area contributed by atoms with Crippen LogP contribution in [0.15, 0.2) is 24.3 Å². The van der Waals surface area contributed by atoms with Crippen molar-refractivity contribution in [2.75, 3.05) is 31.6 Å². The molecule has 2 aliphatic heterocycles. The summed E-state index contributed by atoms with van der Waals surface area (Å²) >= 11 is 5.89. The van der Waals surface area contributed by atoms with Gasteiger partial charge in [-0.05, 0) is 44.2 Å². The molecule has 1 unspecified atom stereocenters. The van der Waals surface area contributed by atoms with Crippen molar-refractivity contribution in [3.63, 3.8) is 0 Å². The molecule has 24 heavy (non-hydrogen) atoms. The van der Waals surface area contributed by atoms with Gasteiger partial charge in [-0.1, -0.05) is 11.6 Å². The standard InChI is InChI=1S/C17H22ClN3O2.ClH/c1-19-14-6-8-20(9-7-14)17(23)12-10-16(22)21(11-12)15-4-2-13(18)3-5-15;/h2-5,12,14,19H,6-11H2,1H3;1H. The minimum atomic E-state index is -0.232. The number of carbonyl (C=O) groups is 2. The van der Waals surface area contributed by atoms with Gasteiger partial charge in [-0.15, -0.1) is 12.4 Å². The molecule has 0 spiro atoms. The molecule has 3 rings (SSSR count). The molecule has 2 amide bonds.